The van der Waals surface area contributed by atoms with Crippen LogP contribution in [0.25, 0.3) is 0 Å². The third kappa shape index (κ3) is 2.14. The summed E-state index contributed by atoms with van der Waals surface area (Å²) in [5.41, 5.74) is 1.32. The minimum absolute atomic E-state index is 0.0308. The van der Waals surface area contributed by atoms with Crippen molar-refractivity contribution in [3.8, 4) is 0 Å². The van der Waals surface area contributed by atoms with Crippen molar-refractivity contribution in [1.82, 2.24) is 4.90 Å². The van der Waals surface area contributed by atoms with Gasteiger partial charge in [-0.25, -0.2) is 4.99 Å². The summed E-state index contributed by atoms with van der Waals surface area (Å²) < 4.78 is 5.91. The van der Waals surface area contributed by atoms with Crippen LogP contribution in [0.15, 0.2) is 35.3 Å². The third-order valence-electron chi connectivity index (χ3n) is 4.58. The second-order valence-corrected chi connectivity index (χ2v) is 6.62. The quantitative estimate of drug-likeness (QED) is 0.784. The molecule has 0 radical (unpaired) electrons. The lowest BCUT2D eigenvalue weighted by Gasteiger charge is -2.21. The first-order valence-electron chi connectivity index (χ1n) is 7.53. The molecule has 0 saturated carbocycles. The van der Waals surface area contributed by atoms with Gasteiger partial charge in [0.2, 0.25) is 5.90 Å². The molecular weight excluding hydrogens is 248 g/mol. The molecule has 0 bridgehead atoms. The number of ether oxygens (including phenoxy) is 1. The molecule has 3 heteroatoms. The molecule has 3 atom stereocenters. The minimum Gasteiger partial charge on any atom is -0.477 e. The molecule has 20 heavy (non-hydrogen) atoms. The van der Waals surface area contributed by atoms with Crippen LogP contribution in [-0.4, -0.2) is 35.0 Å². The van der Waals surface area contributed by atoms with E-state index in [0.717, 1.165) is 18.9 Å². The van der Waals surface area contributed by atoms with Gasteiger partial charge in [0.15, 0.2) is 0 Å². The zero-order valence-electron chi connectivity index (χ0n) is 12.9. The van der Waals surface area contributed by atoms with E-state index in [1.54, 1.807) is 0 Å². The Balaban J connectivity index is 1.81. The number of benzene rings is 1. The van der Waals surface area contributed by atoms with Gasteiger partial charge in [-0.05, 0) is 32.8 Å². The Morgan fingerprint density at radius 2 is 2.00 bits per heavy atom. The fraction of sp³-hybridized carbons (Fsp3) is 0.588. The molecule has 2 aliphatic rings. The van der Waals surface area contributed by atoms with Gasteiger partial charge >= 0.3 is 0 Å². The van der Waals surface area contributed by atoms with E-state index >= 15 is 0 Å². The van der Waals surface area contributed by atoms with Gasteiger partial charge in [-0.1, -0.05) is 37.3 Å². The molecule has 108 valence electrons. The van der Waals surface area contributed by atoms with Crippen molar-refractivity contribution in [3.05, 3.63) is 35.9 Å². The summed E-state index contributed by atoms with van der Waals surface area (Å²) in [7, 11) is 0. The van der Waals surface area contributed by atoms with Crippen molar-refractivity contribution >= 4 is 5.90 Å². The van der Waals surface area contributed by atoms with Crippen LogP contribution in [0.3, 0.4) is 0 Å². The fourth-order valence-corrected chi connectivity index (χ4v) is 3.14. The summed E-state index contributed by atoms with van der Waals surface area (Å²) in [5.74, 6) is 0.952. The maximum atomic E-state index is 5.91. The van der Waals surface area contributed by atoms with E-state index < -0.39 is 0 Å². The Morgan fingerprint density at radius 3 is 2.55 bits per heavy atom. The first-order valence-corrected chi connectivity index (χ1v) is 7.53. The molecule has 1 aromatic carbocycles. The van der Waals surface area contributed by atoms with Crippen LogP contribution in [-0.2, 0) is 4.74 Å². The van der Waals surface area contributed by atoms with Crippen LogP contribution in [0.4, 0.5) is 0 Å². The molecule has 1 fully saturated rings. The summed E-state index contributed by atoms with van der Waals surface area (Å²) in [6.45, 7) is 10.5. The highest BCUT2D eigenvalue weighted by molar-refractivity contribution is 5.91. The van der Waals surface area contributed by atoms with E-state index in [2.05, 4.69) is 62.9 Å². The van der Waals surface area contributed by atoms with Gasteiger partial charge in [0.05, 0.1) is 5.54 Å². The number of rotatable bonds is 4. The second kappa shape index (κ2) is 4.59. The molecule has 0 aromatic heterocycles. The van der Waals surface area contributed by atoms with Crippen molar-refractivity contribution in [1.29, 1.82) is 0 Å². The molecule has 0 aliphatic carbocycles. The van der Waals surface area contributed by atoms with Gasteiger partial charge in [-0.15, -0.1) is 0 Å². The van der Waals surface area contributed by atoms with Crippen molar-refractivity contribution in [2.75, 3.05) is 13.2 Å². The lowest BCUT2D eigenvalue weighted by molar-refractivity contribution is 0.254. The zero-order valence-corrected chi connectivity index (χ0v) is 12.9. The number of hydrogen-bond donors (Lipinski definition) is 0. The predicted octanol–water partition coefficient (Wildman–Crippen LogP) is 3.42. The van der Waals surface area contributed by atoms with Gasteiger partial charge < -0.3 is 4.74 Å². The van der Waals surface area contributed by atoms with E-state index in [1.165, 1.54) is 5.56 Å². The smallest absolute Gasteiger partial charge is 0.206 e. The average Bonchev–Trinajstić information content (AvgIpc) is 3.09. The minimum atomic E-state index is -0.0677. The van der Waals surface area contributed by atoms with Crippen molar-refractivity contribution in [2.24, 2.45) is 4.99 Å². The fourth-order valence-electron chi connectivity index (χ4n) is 3.14. The molecule has 3 rings (SSSR count). The van der Waals surface area contributed by atoms with Crippen LogP contribution < -0.4 is 0 Å². The van der Waals surface area contributed by atoms with E-state index in [-0.39, 0.29) is 11.1 Å². The standard InChI is InChI=1S/C17H24N2O/c1-5-17(15-18-16(3,4)12-20-15)11-19(17)13(2)14-9-7-6-8-10-14/h6-10,13H,5,11-12H2,1-4H3/t13-,17-,19?/m1/s1. The normalized spacial score (nSPS) is 32.4. The van der Waals surface area contributed by atoms with Gasteiger partial charge in [0, 0.05) is 12.6 Å². The highest BCUT2D eigenvalue weighted by Gasteiger charge is 2.59. The van der Waals surface area contributed by atoms with E-state index in [9.17, 15) is 0 Å². The second-order valence-electron chi connectivity index (χ2n) is 6.62. The SMILES string of the molecule is CC[C@]1(C2=NC(C)(C)CO2)CN1[C@H](C)c1ccccc1. The van der Waals surface area contributed by atoms with E-state index in [4.69, 9.17) is 9.73 Å². The molecule has 1 unspecified atom stereocenters. The van der Waals surface area contributed by atoms with Crippen LogP contribution in [0.1, 0.15) is 45.7 Å². The predicted molar refractivity (Wildman–Crippen MR) is 82.1 cm³/mol. The summed E-state index contributed by atoms with van der Waals surface area (Å²) in [4.78, 5) is 7.31. The highest BCUT2D eigenvalue weighted by Crippen LogP contribution is 2.46. The van der Waals surface area contributed by atoms with Crippen LogP contribution in [0.2, 0.25) is 0 Å². The Labute approximate surface area is 121 Å². The summed E-state index contributed by atoms with van der Waals surface area (Å²) >= 11 is 0. The van der Waals surface area contributed by atoms with Crippen molar-refractivity contribution in [3.63, 3.8) is 0 Å². The first kappa shape index (κ1) is 13.6. The molecule has 2 aliphatic heterocycles. The zero-order chi connectivity index (χ0) is 14.4. The Kier molecular flexibility index (Phi) is 3.13. The number of aliphatic imine (C=N–C) groups is 1. The first-order chi connectivity index (χ1) is 9.48. The summed E-state index contributed by atoms with van der Waals surface area (Å²) in [6, 6.07) is 11.1. The topological polar surface area (TPSA) is 24.6 Å². The molecule has 1 aromatic rings. The molecular formula is C17H24N2O. The van der Waals surface area contributed by atoms with Gasteiger partial charge in [-0.3, -0.25) is 4.90 Å². The number of nitrogens with zero attached hydrogens (tertiary/aromatic N) is 2. The maximum absolute atomic E-state index is 5.91. The van der Waals surface area contributed by atoms with Crippen LogP contribution in [0, 0.1) is 0 Å². The van der Waals surface area contributed by atoms with Crippen LogP contribution in [0.5, 0.6) is 0 Å². The van der Waals surface area contributed by atoms with E-state index in [1.807, 2.05) is 0 Å². The Hall–Kier alpha value is -1.35. The monoisotopic (exact) mass is 272 g/mol. The third-order valence-corrected chi connectivity index (χ3v) is 4.58. The lowest BCUT2D eigenvalue weighted by atomic mass is 10.0. The number of hydrogen-bond acceptors (Lipinski definition) is 3. The maximum Gasteiger partial charge on any atom is 0.206 e. The lowest BCUT2D eigenvalue weighted by Crippen LogP contribution is -2.30. The highest BCUT2D eigenvalue weighted by atomic mass is 16.5. The van der Waals surface area contributed by atoms with Gasteiger partial charge in [-0.2, -0.15) is 0 Å². The van der Waals surface area contributed by atoms with Crippen LogP contribution >= 0.6 is 0 Å². The summed E-state index contributed by atoms with van der Waals surface area (Å²) in [6.07, 6.45) is 1.05. The molecule has 2 heterocycles. The molecule has 3 nitrogen and oxygen atoms in total. The summed E-state index contributed by atoms with van der Waals surface area (Å²) in [5, 5.41) is 0. The molecule has 0 amide bonds. The molecule has 0 N–H and O–H groups in total. The molecule has 1 saturated heterocycles. The van der Waals surface area contributed by atoms with Gasteiger partial charge in [0.25, 0.3) is 0 Å². The van der Waals surface area contributed by atoms with E-state index in [0.29, 0.717) is 12.6 Å². The van der Waals surface area contributed by atoms with Gasteiger partial charge in [0.1, 0.15) is 12.1 Å². The van der Waals surface area contributed by atoms with Crippen molar-refractivity contribution in [2.45, 2.75) is 51.2 Å². The Morgan fingerprint density at radius 1 is 1.30 bits per heavy atom. The van der Waals surface area contributed by atoms with Crippen molar-refractivity contribution < 1.29 is 4.74 Å². The molecule has 0 spiro atoms. The average molecular weight is 272 g/mol. The largest absolute Gasteiger partial charge is 0.477 e. The Bertz CT molecular complexity index is 523.